The molecule has 0 spiro atoms. The topological polar surface area (TPSA) is 12.0 Å². The van der Waals surface area contributed by atoms with Gasteiger partial charge in [0.2, 0.25) is 0 Å². The third-order valence-corrected chi connectivity index (χ3v) is 5.35. The van der Waals surface area contributed by atoms with E-state index in [1.165, 1.54) is 21.2 Å². The van der Waals surface area contributed by atoms with Gasteiger partial charge in [-0.3, -0.25) is 0 Å². The molecule has 1 N–H and O–H groups in total. The normalized spacial score (nSPS) is 12.7. The average molecular weight is 316 g/mol. The van der Waals surface area contributed by atoms with Crippen LogP contribution >= 0.6 is 22.9 Å². The minimum atomic E-state index is 0.279. The molecular formula is C18H18ClNS. The highest BCUT2D eigenvalue weighted by atomic mass is 35.5. The Labute approximate surface area is 134 Å². The van der Waals surface area contributed by atoms with E-state index in [1.54, 1.807) is 0 Å². The quantitative estimate of drug-likeness (QED) is 0.683. The Bertz CT molecular complexity index is 763. The number of benzene rings is 2. The van der Waals surface area contributed by atoms with Crippen LogP contribution in [0, 0.1) is 6.92 Å². The van der Waals surface area contributed by atoms with Crippen LogP contribution in [0.2, 0.25) is 5.02 Å². The van der Waals surface area contributed by atoms with E-state index in [9.17, 15) is 0 Å². The lowest BCUT2D eigenvalue weighted by molar-refractivity contribution is 0.594. The Balaban J connectivity index is 1.92. The zero-order chi connectivity index (χ0) is 14.8. The first kappa shape index (κ1) is 14.6. The van der Waals surface area contributed by atoms with Crippen molar-refractivity contribution >= 4 is 33.0 Å². The Hall–Kier alpha value is -1.35. The minimum Gasteiger partial charge on any atom is -0.313 e. The molecule has 0 aliphatic carbocycles. The van der Waals surface area contributed by atoms with E-state index in [4.69, 9.17) is 11.6 Å². The highest BCUT2D eigenvalue weighted by Crippen LogP contribution is 2.30. The van der Waals surface area contributed by atoms with Gasteiger partial charge in [0, 0.05) is 15.8 Å². The maximum absolute atomic E-state index is 6.27. The fourth-order valence-corrected chi connectivity index (χ4v) is 3.79. The molecule has 0 fully saturated rings. The maximum atomic E-state index is 6.27. The van der Waals surface area contributed by atoms with Gasteiger partial charge >= 0.3 is 0 Å². The number of fused-ring (bicyclic) bond motifs is 1. The standard InChI is InChI=1S/C18H18ClNS/c1-12-7-8-13(9-16(12)19)17(20-2)10-14-11-21-18-6-4-3-5-15(14)18/h3-9,11,17,20H,10H2,1-2H3. The maximum Gasteiger partial charge on any atom is 0.0438 e. The van der Waals surface area contributed by atoms with E-state index in [0.29, 0.717) is 0 Å². The van der Waals surface area contributed by atoms with Gasteiger partial charge in [0.1, 0.15) is 0 Å². The summed E-state index contributed by atoms with van der Waals surface area (Å²) in [5.74, 6) is 0. The molecule has 2 aromatic carbocycles. The number of nitrogens with one attached hydrogen (secondary N) is 1. The number of halogens is 1. The summed E-state index contributed by atoms with van der Waals surface area (Å²) in [7, 11) is 2.01. The van der Waals surface area contributed by atoms with Gasteiger partial charge in [-0.2, -0.15) is 0 Å². The van der Waals surface area contributed by atoms with Gasteiger partial charge in [-0.15, -0.1) is 11.3 Å². The summed E-state index contributed by atoms with van der Waals surface area (Å²) in [5, 5.41) is 7.88. The second-order valence-corrected chi connectivity index (χ2v) is 6.63. The Morgan fingerprint density at radius 2 is 2.00 bits per heavy atom. The highest BCUT2D eigenvalue weighted by Gasteiger charge is 2.14. The highest BCUT2D eigenvalue weighted by molar-refractivity contribution is 7.17. The summed E-state index contributed by atoms with van der Waals surface area (Å²) >= 11 is 8.08. The summed E-state index contributed by atoms with van der Waals surface area (Å²) < 4.78 is 1.35. The molecule has 0 radical (unpaired) electrons. The third-order valence-electron chi connectivity index (χ3n) is 3.93. The third kappa shape index (κ3) is 2.98. The number of hydrogen-bond donors (Lipinski definition) is 1. The zero-order valence-corrected chi connectivity index (χ0v) is 13.8. The fourth-order valence-electron chi connectivity index (χ4n) is 2.62. The number of rotatable bonds is 4. The summed E-state index contributed by atoms with van der Waals surface area (Å²) in [4.78, 5) is 0. The summed E-state index contributed by atoms with van der Waals surface area (Å²) in [6, 6.07) is 15.2. The number of likely N-dealkylation sites (N-methyl/N-ethyl adjacent to an activating group) is 1. The van der Waals surface area contributed by atoms with E-state index in [2.05, 4.69) is 53.2 Å². The van der Waals surface area contributed by atoms with E-state index < -0.39 is 0 Å². The van der Waals surface area contributed by atoms with Crippen LogP contribution in [0.5, 0.6) is 0 Å². The molecular weight excluding hydrogens is 298 g/mol. The molecule has 0 saturated carbocycles. The molecule has 0 amide bonds. The fraction of sp³-hybridized carbons (Fsp3) is 0.222. The molecule has 3 heteroatoms. The van der Waals surface area contributed by atoms with E-state index in [1.807, 2.05) is 25.3 Å². The van der Waals surface area contributed by atoms with Gasteiger partial charge in [0.15, 0.2) is 0 Å². The van der Waals surface area contributed by atoms with Crippen molar-refractivity contribution in [2.45, 2.75) is 19.4 Å². The first-order chi connectivity index (χ1) is 10.2. The van der Waals surface area contributed by atoms with Gasteiger partial charge in [-0.05, 0) is 60.0 Å². The van der Waals surface area contributed by atoms with Gasteiger partial charge in [0.05, 0.1) is 0 Å². The molecule has 1 heterocycles. The molecule has 1 aromatic heterocycles. The van der Waals surface area contributed by atoms with Crippen LogP contribution in [0.4, 0.5) is 0 Å². The lowest BCUT2D eigenvalue weighted by atomic mass is 9.98. The zero-order valence-electron chi connectivity index (χ0n) is 12.2. The molecule has 0 aliphatic rings. The second kappa shape index (κ2) is 6.18. The molecule has 108 valence electrons. The van der Waals surface area contributed by atoms with Crippen molar-refractivity contribution in [3.05, 3.63) is 69.6 Å². The summed E-state index contributed by atoms with van der Waals surface area (Å²) in [5.41, 5.74) is 3.76. The molecule has 3 aromatic rings. The monoisotopic (exact) mass is 315 g/mol. The first-order valence-corrected chi connectivity index (χ1v) is 8.33. The van der Waals surface area contributed by atoms with Gasteiger partial charge in [-0.25, -0.2) is 0 Å². The van der Waals surface area contributed by atoms with Crippen LogP contribution in [-0.2, 0) is 6.42 Å². The summed E-state index contributed by atoms with van der Waals surface area (Å²) in [6.07, 6.45) is 0.972. The lowest BCUT2D eigenvalue weighted by Gasteiger charge is -2.17. The molecule has 1 atom stereocenters. The van der Waals surface area contributed by atoms with Crippen molar-refractivity contribution in [3.63, 3.8) is 0 Å². The van der Waals surface area contributed by atoms with Crippen molar-refractivity contribution in [1.82, 2.24) is 5.32 Å². The van der Waals surface area contributed by atoms with Gasteiger partial charge in [-0.1, -0.05) is 41.9 Å². The van der Waals surface area contributed by atoms with Crippen LogP contribution < -0.4 is 5.32 Å². The Morgan fingerprint density at radius 3 is 2.76 bits per heavy atom. The largest absolute Gasteiger partial charge is 0.313 e. The molecule has 1 nitrogen and oxygen atoms in total. The Morgan fingerprint density at radius 1 is 1.19 bits per heavy atom. The number of hydrogen-bond acceptors (Lipinski definition) is 2. The van der Waals surface area contributed by atoms with Crippen LogP contribution in [0.1, 0.15) is 22.7 Å². The lowest BCUT2D eigenvalue weighted by Crippen LogP contribution is -2.18. The number of thiophene rings is 1. The van der Waals surface area contributed by atoms with Crippen molar-refractivity contribution in [2.75, 3.05) is 7.05 Å². The first-order valence-electron chi connectivity index (χ1n) is 7.07. The van der Waals surface area contributed by atoms with Gasteiger partial charge in [0.25, 0.3) is 0 Å². The molecule has 0 saturated heterocycles. The molecule has 3 rings (SSSR count). The predicted molar refractivity (Wildman–Crippen MR) is 93.5 cm³/mol. The summed E-state index contributed by atoms with van der Waals surface area (Å²) in [6.45, 7) is 2.03. The van der Waals surface area contributed by atoms with Crippen LogP contribution in [0.25, 0.3) is 10.1 Å². The SMILES string of the molecule is CNC(Cc1csc2ccccc12)c1ccc(C)c(Cl)c1. The average Bonchev–Trinajstić information content (AvgIpc) is 2.91. The van der Waals surface area contributed by atoms with Crippen LogP contribution in [-0.4, -0.2) is 7.05 Å². The second-order valence-electron chi connectivity index (χ2n) is 5.31. The minimum absolute atomic E-state index is 0.279. The van der Waals surface area contributed by atoms with E-state index >= 15 is 0 Å². The van der Waals surface area contributed by atoms with Crippen LogP contribution in [0.3, 0.4) is 0 Å². The van der Waals surface area contributed by atoms with E-state index in [0.717, 1.165) is 17.0 Å². The van der Waals surface area contributed by atoms with Crippen LogP contribution in [0.15, 0.2) is 47.8 Å². The van der Waals surface area contributed by atoms with Gasteiger partial charge < -0.3 is 5.32 Å². The van der Waals surface area contributed by atoms with Crippen molar-refractivity contribution in [1.29, 1.82) is 0 Å². The van der Waals surface area contributed by atoms with Crippen molar-refractivity contribution < 1.29 is 0 Å². The molecule has 1 unspecified atom stereocenters. The smallest absolute Gasteiger partial charge is 0.0438 e. The molecule has 0 bridgehead atoms. The Kier molecular flexibility index (Phi) is 4.29. The van der Waals surface area contributed by atoms with Crippen molar-refractivity contribution in [2.24, 2.45) is 0 Å². The molecule has 21 heavy (non-hydrogen) atoms. The number of aryl methyl sites for hydroxylation is 1. The predicted octanol–water partition coefficient (Wildman–Crippen LogP) is 5.37. The van der Waals surface area contributed by atoms with Crippen molar-refractivity contribution in [3.8, 4) is 0 Å². The molecule has 0 aliphatic heterocycles. The van der Waals surface area contributed by atoms with E-state index in [-0.39, 0.29) is 6.04 Å².